The van der Waals surface area contributed by atoms with Crippen molar-refractivity contribution in [3.63, 3.8) is 0 Å². The van der Waals surface area contributed by atoms with Gasteiger partial charge in [-0.3, -0.25) is 4.79 Å². The normalized spacial score (nSPS) is 47.4. The van der Waals surface area contributed by atoms with Crippen LogP contribution in [0.3, 0.4) is 0 Å². The molecule has 5 fully saturated rings. The first-order valence-electron chi connectivity index (χ1n) is 8.78. The average Bonchev–Trinajstić information content (AvgIpc) is 3.05. The maximum atomic E-state index is 12.1. The van der Waals surface area contributed by atoms with Crippen molar-refractivity contribution < 1.29 is 19.2 Å². The molecule has 0 radical (unpaired) electrons. The minimum absolute atomic E-state index is 0.0473. The first kappa shape index (κ1) is 15.9. The number of aliphatic hydroxyl groups is 1. The first-order valence-corrected chi connectivity index (χ1v) is 8.78. The molecule has 5 aliphatic rings. The van der Waals surface area contributed by atoms with E-state index < -0.39 is 13.2 Å². The first-order chi connectivity index (χ1) is 10.8. The smallest absolute Gasteiger partial charge is 0.404 e. The number of carbonyl (C=O) groups is 1. The molecule has 0 aromatic carbocycles. The Morgan fingerprint density at radius 3 is 2.74 bits per heavy atom. The summed E-state index contributed by atoms with van der Waals surface area (Å²) in [6.45, 7) is 7.10. The Labute approximate surface area is 137 Å². The third kappa shape index (κ3) is 2.06. The minimum Gasteiger partial charge on any atom is -0.404 e. The van der Waals surface area contributed by atoms with E-state index in [0.29, 0.717) is 30.2 Å². The number of β-amino-alcohol motifs (C(OH)–C–C–N with tert-alkyl or cyclic N) is 1. The van der Waals surface area contributed by atoms with E-state index in [1.54, 1.807) is 4.90 Å². The van der Waals surface area contributed by atoms with Crippen LogP contribution >= 0.6 is 0 Å². The van der Waals surface area contributed by atoms with Crippen LogP contribution in [0.2, 0.25) is 0 Å². The molecular formula is C16H27BN2O4. The number of hydrogen-bond donors (Lipinski definition) is 2. The molecule has 3 aliphatic carbocycles. The molecule has 7 heteroatoms. The quantitative estimate of drug-likeness (QED) is 0.708. The molecule has 0 spiro atoms. The third-order valence-electron chi connectivity index (χ3n) is 7.10. The van der Waals surface area contributed by atoms with Gasteiger partial charge in [0.15, 0.2) is 0 Å². The van der Waals surface area contributed by atoms with E-state index in [2.05, 4.69) is 20.8 Å². The van der Waals surface area contributed by atoms with Gasteiger partial charge in [-0.2, -0.15) is 0 Å². The molecule has 128 valence electrons. The Bertz CT molecular complexity index is 530. The van der Waals surface area contributed by atoms with Gasteiger partial charge in [-0.1, -0.05) is 13.8 Å². The van der Waals surface area contributed by atoms with Gasteiger partial charge in [0.25, 0.3) is 0 Å². The Morgan fingerprint density at radius 2 is 2.09 bits per heavy atom. The largest absolute Gasteiger partial charge is 0.482 e. The van der Waals surface area contributed by atoms with Crippen LogP contribution in [0, 0.1) is 17.3 Å². The minimum atomic E-state index is -0.525. The molecule has 6 nitrogen and oxygen atoms in total. The summed E-state index contributed by atoms with van der Waals surface area (Å²) in [7, 11) is -0.451. The molecule has 23 heavy (non-hydrogen) atoms. The number of amides is 1. The molecule has 2 heterocycles. The highest BCUT2D eigenvalue weighted by Crippen LogP contribution is 2.65. The van der Waals surface area contributed by atoms with Crippen molar-refractivity contribution in [2.45, 2.75) is 63.8 Å². The van der Waals surface area contributed by atoms with Crippen molar-refractivity contribution in [1.82, 2.24) is 4.90 Å². The van der Waals surface area contributed by atoms with Crippen LogP contribution < -0.4 is 5.73 Å². The van der Waals surface area contributed by atoms with Crippen LogP contribution in [0.5, 0.6) is 0 Å². The lowest BCUT2D eigenvalue weighted by molar-refractivity contribution is -0.199. The zero-order valence-corrected chi connectivity index (χ0v) is 14.2. The molecule has 3 N–H and O–H groups in total. The van der Waals surface area contributed by atoms with Crippen molar-refractivity contribution in [3.05, 3.63) is 0 Å². The second-order valence-corrected chi connectivity index (χ2v) is 8.54. The van der Waals surface area contributed by atoms with Crippen molar-refractivity contribution in [1.29, 1.82) is 0 Å². The fraction of sp³-hybridized carbons (Fsp3) is 0.938. The van der Waals surface area contributed by atoms with Crippen molar-refractivity contribution in [3.8, 4) is 0 Å². The Hall–Kier alpha value is -0.625. The molecule has 3 saturated carbocycles. The van der Waals surface area contributed by atoms with Gasteiger partial charge < -0.3 is 25.0 Å². The maximum absolute atomic E-state index is 12.1. The average molecular weight is 322 g/mol. The summed E-state index contributed by atoms with van der Waals surface area (Å²) in [5.74, 6) is 0.810. The summed E-state index contributed by atoms with van der Waals surface area (Å²) < 4.78 is 12.7. The molecule has 1 amide bonds. The number of aliphatic hydroxyl groups excluding tert-OH is 1. The monoisotopic (exact) mass is 322 g/mol. The summed E-state index contributed by atoms with van der Waals surface area (Å²) in [5, 5.41) is 9.99. The predicted molar refractivity (Wildman–Crippen MR) is 85.3 cm³/mol. The molecule has 0 aromatic heterocycles. The fourth-order valence-corrected chi connectivity index (χ4v) is 5.57. The molecule has 5 rings (SSSR count). The summed E-state index contributed by atoms with van der Waals surface area (Å²) in [5.41, 5.74) is 5.52. The highest BCUT2D eigenvalue weighted by Gasteiger charge is 2.69. The van der Waals surface area contributed by atoms with Crippen LogP contribution in [0.25, 0.3) is 0 Å². The number of hydrogen-bond acceptors (Lipinski definition) is 5. The molecule has 2 aliphatic heterocycles. The van der Waals surface area contributed by atoms with Gasteiger partial charge in [0.2, 0.25) is 5.91 Å². The van der Waals surface area contributed by atoms with Gasteiger partial charge in [-0.15, -0.1) is 0 Å². The summed E-state index contributed by atoms with van der Waals surface area (Å²) >= 11 is 0. The summed E-state index contributed by atoms with van der Waals surface area (Å²) in [4.78, 5) is 13.7. The predicted octanol–water partition coefficient (Wildman–Crippen LogP) is 0.174. The number of likely N-dealkylation sites (tertiary alicyclic amines) is 1. The second-order valence-electron chi connectivity index (χ2n) is 8.54. The van der Waals surface area contributed by atoms with Crippen LogP contribution in [0.1, 0.15) is 40.0 Å². The standard InChI is InChI=1S/C16H27BN2O4/c1-15(2)9-4-11(15)16(3)12(5-9)22-17(23-16)13-6-10(20)8-19(13)14(21)7-18/h9-13,20H,4-8,18H2,1-3H3/t9-,10-,11-,12?,13-,16-/m0/s1. The van der Waals surface area contributed by atoms with Gasteiger partial charge in [-0.25, -0.2) is 0 Å². The lowest BCUT2D eigenvalue weighted by atomic mass is 9.43. The second kappa shape index (κ2) is 4.94. The summed E-state index contributed by atoms with van der Waals surface area (Å²) in [6, 6.07) is 0. The van der Waals surface area contributed by atoms with E-state index >= 15 is 0 Å². The third-order valence-corrected chi connectivity index (χ3v) is 7.10. The molecular weight excluding hydrogens is 295 g/mol. The van der Waals surface area contributed by atoms with Crippen molar-refractivity contribution >= 4 is 13.0 Å². The molecule has 0 aromatic rings. The van der Waals surface area contributed by atoms with Gasteiger partial charge in [0.1, 0.15) is 0 Å². The highest BCUT2D eigenvalue weighted by atomic mass is 16.7. The van der Waals surface area contributed by atoms with Gasteiger partial charge in [0, 0.05) is 6.54 Å². The van der Waals surface area contributed by atoms with Gasteiger partial charge in [0.05, 0.1) is 30.3 Å². The van der Waals surface area contributed by atoms with E-state index in [4.69, 9.17) is 15.0 Å². The highest BCUT2D eigenvalue weighted by molar-refractivity contribution is 6.48. The van der Waals surface area contributed by atoms with Crippen molar-refractivity contribution in [2.75, 3.05) is 13.1 Å². The number of nitrogens with zero attached hydrogens (tertiary/aromatic N) is 1. The van der Waals surface area contributed by atoms with Crippen LogP contribution in [-0.4, -0.2) is 59.9 Å². The van der Waals surface area contributed by atoms with E-state index in [9.17, 15) is 9.90 Å². The molecule has 6 atom stereocenters. The maximum Gasteiger partial charge on any atom is 0.482 e. The van der Waals surface area contributed by atoms with Crippen LogP contribution in [-0.2, 0) is 14.1 Å². The van der Waals surface area contributed by atoms with E-state index in [1.807, 2.05) is 0 Å². The Morgan fingerprint density at radius 1 is 1.35 bits per heavy atom. The van der Waals surface area contributed by atoms with E-state index in [-0.39, 0.29) is 30.1 Å². The Balaban J connectivity index is 1.55. The number of rotatable bonds is 2. The number of carbonyl (C=O) groups excluding carboxylic acids is 1. The molecule has 1 unspecified atom stereocenters. The summed E-state index contributed by atoms with van der Waals surface area (Å²) in [6.07, 6.45) is 2.29. The SMILES string of the molecule is CC1(C)[C@@H]2CC3OB([C@@H]4C[C@H](O)CN4C(=O)CN)O[C@@]3(C)[C@H]1C2. The van der Waals surface area contributed by atoms with E-state index in [0.717, 1.165) is 6.42 Å². The van der Waals surface area contributed by atoms with Crippen LogP contribution in [0.4, 0.5) is 0 Å². The zero-order chi connectivity index (χ0) is 16.6. The molecule has 2 saturated heterocycles. The fourth-order valence-electron chi connectivity index (χ4n) is 5.57. The van der Waals surface area contributed by atoms with Crippen LogP contribution in [0.15, 0.2) is 0 Å². The topological polar surface area (TPSA) is 85.0 Å². The lowest BCUT2D eigenvalue weighted by Crippen LogP contribution is -2.65. The van der Waals surface area contributed by atoms with Crippen molar-refractivity contribution in [2.24, 2.45) is 23.0 Å². The molecule has 2 bridgehead atoms. The van der Waals surface area contributed by atoms with E-state index in [1.165, 1.54) is 6.42 Å². The van der Waals surface area contributed by atoms with Gasteiger partial charge >= 0.3 is 7.12 Å². The lowest BCUT2D eigenvalue weighted by Gasteiger charge is -2.64. The zero-order valence-electron chi connectivity index (χ0n) is 14.2. The Kier molecular flexibility index (Phi) is 3.41. The van der Waals surface area contributed by atoms with Gasteiger partial charge in [-0.05, 0) is 43.4 Å². The number of nitrogens with two attached hydrogens (primary N) is 1.